The second-order valence-electron chi connectivity index (χ2n) is 4.86. The fraction of sp³-hybridized carbons (Fsp3) is 0.429. The first kappa shape index (κ1) is 14.9. The number of thiophene rings is 1. The molecule has 8 heteroatoms. The van der Waals surface area contributed by atoms with Crippen molar-refractivity contribution in [3.8, 4) is 0 Å². The third-order valence-electron chi connectivity index (χ3n) is 3.29. The summed E-state index contributed by atoms with van der Waals surface area (Å²) in [5, 5.41) is 13.5. The molecule has 3 aromatic rings. The highest BCUT2D eigenvalue weighted by Crippen LogP contribution is 2.25. The van der Waals surface area contributed by atoms with Gasteiger partial charge in [-0.2, -0.15) is 0 Å². The lowest BCUT2D eigenvalue weighted by Crippen LogP contribution is -2.13. The maximum atomic E-state index is 5.09. The number of aromatic nitrogens is 5. The lowest BCUT2D eigenvalue weighted by Gasteiger charge is -2.08. The van der Waals surface area contributed by atoms with Gasteiger partial charge in [0.25, 0.3) is 0 Å². The molecule has 3 heterocycles. The van der Waals surface area contributed by atoms with Crippen molar-refractivity contribution in [1.82, 2.24) is 24.7 Å². The van der Waals surface area contributed by atoms with E-state index in [1.54, 1.807) is 24.8 Å². The standard InChI is InChI=1S/C14H18N6OS/c1-10-17-11-4-8-22-13(11)14(18-10)15-5-3-12-19-16-9-20(12)6-7-21-2/h4,8-9H,3,5-7H2,1-2H3,(H,15,17,18). The van der Waals surface area contributed by atoms with Gasteiger partial charge in [-0.3, -0.25) is 0 Å². The van der Waals surface area contributed by atoms with E-state index in [0.29, 0.717) is 6.61 Å². The van der Waals surface area contributed by atoms with Gasteiger partial charge in [0.2, 0.25) is 0 Å². The van der Waals surface area contributed by atoms with Crippen LogP contribution in [0.15, 0.2) is 17.8 Å². The molecule has 0 fully saturated rings. The summed E-state index contributed by atoms with van der Waals surface area (Å²) in [5.74, 6) is 2.61. The number of rotatable bonds is 7. The van der Waals surface area contributed by atoms with Crippen molar-refractivity contribution in [2.24, 2.45) is 0 Å². The van der Waals surface area contributed by atoms with Gasteiger partial charge in [0.05, 0.1) is 16.8 Å². The molecule has 0 unspecified atom stereocenters. The van der Waals surface area contributed by atoms with E-state index in [2.05, 4.69) is 25.5 Å². The first-order valence-electron chi connectivity index (χ1n) is 7.09. The molecular formula is C14H18N6OS. The van der Waals surface area contributed by atoms with Crippen LogP contribution in [0, 0.1) is 6.92 Å². The molecule has 7 nitrogen and oxygen atoms in total. The average Bonchev–Trinajstić information content (AvgIpc) is 3.13. The quantitative estimate of drug-likeness (QED) is 0.717. The molecule has 22 heavy (non-hydrogen) atoms. The normalized spacial score (nSPS) is 11.2. The highest BCUT2D eigenvalue weighted by Gasteiger charge is 2.08. The lowest BCUT2D eigenvalue weighted by molar-refractivity contribution is 0.186. The lowest BCUT2D eigenvalue weighted by atomic mass is 10.3. The number of fused-ring (bicyclic) bond motifs is 1. The molecule has 0 bridgehead atoms. The van der Waals surface area contributed by atoms with Gasteiger partial charge in [-0.25, -0.2) is 9.97 Å². The van der Waals surface area contributed by atoms with Gasteiger partial charge in [-0.1, -0.05) is 0 Å². The molecule has 0 radical (unpaired) electrons. The Morgan fingerprint density at radius 2 is 2.27 bits per heavy atom. The van der Waals surface area contributed by atoms with Crippen LogP contribution >= 0.6 is 11.3 Å². The first-order valence-corrected chi connectivity index (χ1v) is 7.97. The number of ether oxygens (including phenoxy) is 1. The molecule has 0 aliphatic rings. The fourth-order valence-electron chi connectivity index (χ4n) is 2.24. The minimum absolute atomic E-state index is 0.652. The zero-order chi connectivity index (χ0) is 15.4. The predicted octanol–water partition coefficient (Wildman–Crippen LogP) is 1.89. The summed E-state index contributed by atoms with van der Waals surface area (Å²) in [6.45, 7) is 4.07. The van der Waals surface area contributed by atoms with Crippen molar-refractivity contribution in [3.63, 3.8) is 0 Å². The average molecular weight is 318 g/mol. The van der Waals surface area contributed by atoms with Crippen molar-refractivity contribution < 1.29 is 4.74 Å². The zero-order valence-corrected chi connectivity index (χ0v) is 13.4. The van der Waals surface area contributed by atoms with Gasteiger partial charge in [-0.15, -0.1) is 21.5 Å². The molecular weight excluding hydrogens is 300 g/mol. The van der Waals surface area contributed by atoms with Crippen molar-refractivity contribution in [2.45, 2.75) is 19.9 Å². The SMILES string of the molecule is COCCn1cnnc1CCNc1nc(C)nc2ccsc12. The molecule has 0 saturated heterocycles. The third kappa shape index (κ3) is 3.23. The summed E-state index contributed by atoms with van der Waals surface area (Å²) in [7, 11) is 1.69. The summed E-state index contributed by atoms with van der Waals surface area (Å²) in [6, 6.07) is 2.02. The van der Waals surface area contributed by atoms with Gasteiger partial charge >= 0.3 is 0 Å². The molecule has 0 aliphatic heterocycles. The van der Waals surface area contributed by atoms with Crippen LogP contribution < -0.4 is 5.32 Å². The molecule has 0 saturated carbocycles. The number of nitrogens with zero attached hydrogens (tertiary/aromatic N) is 5. The van der Waals surface area contributed by atoms with E-state index in [1.165, 1.54) is 0 Å². The number of hydrogen-bond donors (Lipinski definition) is 1. The fourth-order valence-corrected chi connectivity index (χ4v) is 3.04. The predicted molar refractivity (Wildman–Crippen MR) is 86.2 cm³/mol. The van der Waals surface area contributed by atoms with Gasteiger partial charge in [-0.05, 0) is 18.4 Å². The maximum Gasteiger partial charge on any atom is 0.147 e. The molecule has 0 amide bonds. The van der Waals surface area contributed by atoms with Crippen LogP contribution in [0.4, 0.5) is 5.82 Å². The number of nitrogens with one attached hydrogen (secondary N) is 1. The van der Waals surface area contributed by atoms with Crippen LogP contribution in [0.1, 0.15) is 11.6 Å². The molecule has 0 aliphatic carbocycles. The largest absolute Gasteiger partial charge is 0.383 e. The van der Waals surface area contributed by atoms with E-state index >= 15 is 0 Å². The van der Waals surface area contributed by atoms with E-state index < -0.39 is 0 Å². The van der Waals surface area contributed by atoms with Gasteiger partial charge in [0, 0.05) is 26.6 Å². The minimum Gasteiger partial charge on any atom is -0.383 e. The van der Waals surface area contributed by atoms with Crippen LogP contribution in [0.25, 0.3) is 10.2 Å². The first-order chi connectivity index (χ1) is 10.8. The summed E-state index contributed by atoms with van der Waals surface area (Å²) < 4.78 is 8.19. The van der Waals surface area contributed by atoms with Gasteiger partial charge < -0.3 is 14.6 Å². The van der Waals surface area contributed by atoms with E-state index in [-0.39, 0.29) is 0 Å². The van der Waals surface area contributed by atoms with Crippen LogP contribution in [-0.4, -0.2) is 45.0 Å². The molecule has 3 rings (SSSR count). The number of aryl methyl sites for hydroxylation is 1. The van der Waals surface area contributed by atoms with Crippen molar-refractivity contribution in [1.29, 1.82) is 0 Å². The Hall–Kier alpha value is -2.06. The Balaban J connectivity index is 1.65. The Kier molecular flexibility index (Phi) is 4.59. The molecule has 0 atom stereocenters. The van der Waals surface area contributed by atoms with Crippen LogP contribution in [0.3, 0.4) is 0 Å². The minimum atomic E-state index is 0.652. The van der Waals surface area contributed by atoms with Crippen molar-refractivity contribution >= 4 is 27.4 Å². The molecule has 0 spiro atoms. The summed E-state index contributed by atoms with van der Waals surface area (Å²) >= 11 is 1.65. The number of anilines is 1. The number of methoxy groups -OCH3 is 1. The summed E-state index contributed by atoms with van der Waals surface area (Å²) in [4.78, 5) is 8.91. The van der Waals surface area contributed by atoms with Crippen molar-refractivity contribution in [2.75, 3.05) is 25.6 Å². The summed E-state index contributed by atoms with van der Waals surface area (Å²) in [6.07, 6.45) is 2.51. The third-order valence-corrected chi connectivity index (χ3v) is 4.20. The smallest absolute Gasteiger partial charge is 0.147 e. The zero-order valence-electron chi connectivity index (χ0n) is 12.6. The second kappa shape index (κ2) is 6.80. The Labute approximate surface area is 132 Å². The molecule has 0 aromatic carbocycles. The Morgan fingerprint density at radius 3 is 3.14 bits per heavy atom. The molecule has 3 aromatic heterocycles. The highest BCUT2D eigenvalue weighted by atomic mass is 32.1. The van der Waals surface area contributed by atoms with E-state index in [4.69, 9.17) is 4.74 Å². The van der Waals surface area contributed by atoms with Crippen LogP contribution in [0.5, 0.6) is 0 Å². The molecule has 1 N–H and O–H groups in total. The van der Waals surface area contributed by atoms with Crippen LogP contribution in [-0.2, 0) is 17.7 Å². The second-order valence-corrected chi connectivity index (χ2v) is 5.78. The van der Waals surface area contributed by atoms with Crippen LogP contribution in [0.2, 0.25) is 0 Å². The highest BCUT2D eigenvalue weighted by molar-refractivity contribution is 7.17. The van der Waals surface area contributed by atoms with E-state index in [0.717, 1.165) is 47.2 Å². The summed E-state index contributed by atoms with van der Waals surface area (Å²) in [5.41, 5.74) is 0.989. The Bertz CT molecular complexity index is 753. The van der Waals surface area contributed by atoms with Crippen molar-refractivity contribution in [3.05, 3.63) is 29.4 Å². The van der Waals surface area contributed by atoms with E-state index in [9.17, 15) is 0 Å². The Morgan fingerprint density at radius 1 is 1.36 bits per heavy atom. The molecule has 116 valence electrons. The maximum absolute atomic E-state index is 5.09. The van der Waals surface area contributed by atoms with Gasteiger partial charge in [0.1, 0.15) is 23.8 Å². The van der Waals surface area contributed by atoms with Gasteiger partial charge in [0.15, 0.2) is 0 Å². The monoisotopic (exact) mass is 318 g/mol. The topological polar surface area (TPSA) is 77.8 Å². The number of hydrogen-bond acceptors (Lipinski definition) is 7. The van der Waals surface area contributed by atoms with E-state index in [1.807, 2.05) is 22.9 Å².